The minimum absolute atomic E-state index is 0.00551. The predicted octanol–water partition coefficient (Wildman–Crippen LogP) is 6.18. The molecular formula is C42H54N8O7S2. The van der Waals surface area contributed by atoms with Crippen molar-refractivity contribution in [3.8, 4) is 33.6 Å². The molecule has 2 aromatic heterocycles. The van der Waals surface area contributed by atoms with E-state index in [0.717, 1.165) is 45.9 Å². The molecule has 59 heavy (non-hydrogen) atoms. The third-order valence-electron chi connectivity index (χ3n) is 11.4. The fraction of sp³-hybridized carbons (Fsp3) is 0.476. The van der Waals surface area contributed by atoms with Crippen molar-refractivity contribution in [1.82, 2.24) is 35.1 Å². The molecule has 0 bridgehead atoms. The lowest BCUT2D eigenvalue weighted by Crippen LogP contribution is -2.51. The Morgan fingerprint density at radius 2 is 1.39 bits per heavy atom. The molecule has 17 heteroatoms. The molecule has 4 aromatic rings. The molecule has 0 aliphatic carbocycles. The van der Waals surface area contributed by atoms with Gasteiger partial charge in [0, 0.05) is 30.1 Å². The van der Waals surface area contributed by atoms with Gasteiger partial charge < -0.3 is 34.7 Å². The molecule has 0 radical (unpaired) electrons. The minimum atomic E-state index is -1.16. The molecule has 4 heterocycles. The highest BCUT2D eigenvalue weighted by atomic mass is 32.2. The van der Waals surface area contributed by atoms with Crippen LogP contribution in [-0.4, -0.2) is 108 Å². The second kappa shape index (κ2) is 19.4. The number of ether oxygens (including phenoxy) is 1. The highest BCUT2D eigenvalue weighted by Crippen LogP contribution is 2.38. The van der Waals surface area contributed by atoms with Gasteiger partial charge in [-0.2, -0.15) is 17.5 Å². The molecule has 2 aliphatic rings. The van der Waals surface area contributed by atoms with Gasteiger partial charge in [-0.3, -0.25) is 19.2 Å². The molecule has 7 atom stereocenters. The van der Waals surface area contributed by atoms with Crippen molar-refractivity contribution in [2.24, 2.45) is 23.7 Å². The topological polar surface area (TPSA) is 196 Å². The summed E-state index contributed by atoms with van der Waals surface area (Å²) in [5, 5.41) is 9.49. The fourth-order valence-corrected chi connectivity index (χ4v) is 8.96. The largest absolute Gasteiger partial charge is 0.453 e. The zero-order valence-corrected chi connectivity index (χ0v) is 35.9. The molecule has 3 amide bonds. The Kier molecular flexibility index (Phi) is 14.3. The quantitative estimate of drug-likeness (QED) is 0.0219. The van der Waals surface area contributed by atoms with Crippen molar-refractivity contribution >= 4 is 47.7 Å². The zero-order valence-electron chi connectivity index (χ0n) is 34.2. The first kappa shape index (κ1) is 43.6. The fourth-order valence-electron chi connectivity index (χ4n) is 7.88. The lowest BCUT2D eigenvalue weighted by atomic mass is 9.95. The lowest BCUT2D eigenvalue weighted by molar-refractivity contribution is -0.229. The van der Waals surface area contributed by atoms with Crippen LogP contribution in [0.2, 0.25) is 0 Å². The Balaban J connectivity index is 1.14. The molecule has 0 saturated carbocycles. The summed E-state index contributed by atoms with van der Waals surface area (Å²) in [5.74, 6) is 1.27. The van der Waals surface area contributed by atoms with E-state index in [9.17, 15) is 18.6 Å². The number of hydrogen-bond donors (Lipinski definition) is 5. The summed E-state index contributed by atoms with van der Waals surface area (Å²) >= 11 is 4.55. The number of thiol groups is 1. The zero-order chi connectivity index (χ0) is 42.4. The van der Waals surface area contributed by atoms with Crippen LogP contribution in [0.5, 0.6) is 0 Å². The summed E-state index contributed by atoms with van der Waals surface area (Å²) in [6.45, 7) is 8.57. The van der Waals surface area contributed by atoms with Gasteiger partial charge in [0.15, 0.2) is 0 Å². The number of aromatic amines is 2. The predicted molar refractivity (Wildman–Crippen MR) is 229 cm³/mol. The van der Waals surface area contributed by atoms with Crippen molar-refractivity contribution in [3.05, 3.63) is 72.6 Å². The number of amides is 3. The number of alkyl carbamates (subject to hydrolysis) is 1. The highest BCUT2D eigenvalue weighted by Gasteiger charge is 2.43. The molecule has 2 aromatic carbocycles. The van der Waals surface area contributed by atoms with Gasteiger partial charge in [-0.1, -0.05) is 76.2 Å². The standard InChI is InChI=1S/C42H54N8O7S2/c1-24(2)32(21-56-57-23-43)40(51)49-19-26(22-58)15-35(49)38-44-17-33(46-38)29-11-7-27(8-12-29)28-9-13-30(14-10-28)34-18-45-39(47-34)36-16-31(59(6)54)20-50(36)41(52)37(25(3)4)48-42(53)55-5/h7-14,17-18,23-26,31-32,35-37,43,58H,15-16,19-22H2,1-6H3,(H,44,46)(H,45,47)(H,48,53)/t26?,31-,32-,35-,36-,37-,59?/m0/s1. The van der Waals surface area contributed by atoms with Gasteiger partial charge in [-0.05, 0) is 58.6 Å². The van der Waals surface area contributed by atoms with E-state index in [0.29, 0.717) is 37.5 Å². The third kappa shape index (κ3) is 9.90. The van der Waals surface area contributed by atoms with Crippen LogP contribution < -0.4 is 5.32 Å². The number of rotatable bonds is 16. The summed E-state index contributed by atoms with van der Waals surface area (Å²) in [5.41, 5.74) is 5.56. The van der Waals surface area contributed by atoms with Gasteiger partial charge in [0.25, 0.3) is 0 Å². The molecular weight excluding hydrogens is 793 g/mol. The van der Waals surface area contributed by atoms with Gasteiger partial charge in [0.05, 0.1) is 54.1 Å². The number of methoxy groups -OCH3 is 1. The van der Waals surface area contributed by atoms with E-state index >= 15 is 0 Å². The van der Waals surface area contributed by atoms with Crippen LogP contribution in [0.4, 0.5) is 4.79 Å². The molecule has 2 aliphatic heterocycles. The van der Waals surface area contributed by atoms with Crippen molar-refractivity contribution in [3.63, 3.8) is 0 Å². The number of benzene rings is 2. The first-order valence-corrected chi connectivity index (χ1v) is 22.1. The first-order valence-electron chi connectivity index (χ1n) is 19.8. The molecule has 6 rings (SSSR count). The Morgan fingerprint density at radius 3 is 1.86 bits per heavy atom. The van der Waals surface area contributed by atoms with Crippen LogP contribution in [0.3, 0.4) is 0 Å². The van der Waals surface area contributed by atoms with Crippen LogP contribution >= 0.6 is 12.6 Å². The van der Waals surface area contributed by atoms with Crippen LogP contribution in [0.1, 0.15) is 64.3 Å². The van der Waals surface area contributed by atoms with Crippen molar-refractivity contribution < 1.29 is 33.1 Å². The molecule has 2 fully saturated rings. The van der Waals surface area contributed by atoms with Crippen LogP contribution in [0.25, 0.3) is 33.6 Å². The minimum Gasteiger partial charge on any atom is -0.453 e. The van der Waals surface area contributed by atoms with E-state index < -0.39 is 34.9 Å². The van der Waals surface area contributed by atoms with Crippen molar-refractivity contribution in [2.75, 3.05) is 38.8 Å². The van der Waals surface area contributed by atoms with E-state index in [1.165, 1.54) is 7.11 Å². The lowest BCUT2D eigenvalue weighted by Gasteiger charge is -2.30. The summed E-state index contributed by atoms with van der Waals surface area (Å²) in [6.07, 6.45) is 6.44. The monoisotopic (exact) mass is 846 g/mol. The molecule has 316 valence electrons. The van der Waals surface area contributed by atoms with E-state index in [4.69, 9.17) is 20.0 Å². The van der Waals surface area contributed by atoms with Gasteiger partial charge in [-0.15, -0.1) is 0 Å². The smallest absolute Gasteiger partial charge is 0.407 e. The van der Waals surface area contributed by atoms with E-state index in [1.54, 1.807) is 23.5 Å². The van der Waals surface area contributed by atoms with E-state index in [-0.39, 0.29) is 47.5 Å². The highest BCUT2D eigenvalue weighted by molar-refractivity contribution is 7.84. The average molecular weight is 847 g/mol. The number of likely N-dealkylation sites (tertiary alicyclic amines) is 2. The van der Waals surface area contributed by atoms with Gasteiger partial charge in [0.2, 0.25) is 18.2 Å². The van der Waals surface area contributed by atoms with Crippen molar-refractivity contribution in [1.29, 1.82) is 5.41 Å². The molecule has 15 nitrogen and oxygen atoms in total. The van der Waals surface area contributed by atoms with Crippen LogP contribution in [0, 0.1) is 29.1 Å². The number of nitrogens with zero attached hydrogens (tertiary/aromatic N) is 4. The summed E-state index contributed by atoms with van der Waals surface area (Å²) in [7, 11) is 0.0984. The normalized spacial score (nSPS) is 20.8. The molecule has 0 spiro atoms. The number of imidazole rings is 2. The summed E-state index contributed by atoms with van der Waals surface area (Å²) < 4.78 is 17.3. The number of carbonyl (C=O) groups excluding carboxylic acids is 3. The second-order valence-electron chi connectivity index (χ2n) is 15.9. The Hall–Kier alpha value is -5.00. The Bertz CT molecular complexity index is 2110. The van der Waals surface area contributed by atoms with Gasteiger partial charge in [-0.25, -0.2) is 14.8 Å². The van der Waals surface area contributed by atoms with Crippen molar-refractivity contribution in [2.45, 2.75) is 63.9 Å². The Morgan fingerprint density at radius 1 is 0.864 bits per heavy atom. The Labute approximate surface area is 352 Å². The molecule has 4 N–H and O–H groups in total. The van der Waals surface area contributed by atoms with Gasteiger partial charge in [0.1, 0.15) is 24.3 Å². The SMILES string of the molecule is COC(=O)N[C@H](C(=O)N1C[C@@H](S(C)=O)C[C@H]1c1ncc(-c2ccc(-c3ccc(-c4cnc([C@@H]5CC(CS)CN5C(=O)[C@@H](COOC=N)C(C)C)[nH]4)cc3)cc2)[nH]1)C(C)C. The number of aromatic nitrogens is 4. The third-order valence-corrected chi connectivity index (χ3v) is 13.2. The molecule has 2 saturated heterocycles. The maximum atomic E-state index is 13.8. The summed E-state index contributed by atoms with van der Waals surface area (Å²) in [4.78, 5) is 69.3. The maximum absolute atomic E-state index is 13.8. The number of hydrogen-bond acceptors (Lipinski definition) is 11. The second-order valence-corrected chi connectivity index (χ2v) is 17.9. The first-order chi connectivity index (χ1) is 28.3. The van der Waals surface area contributed by atoms with Crippen LogP contribution in [0.15, 0.2) is 60.9 Å². The maximum Gasteiger partial charge on any atom is 0.407 e. The average Bonchev–Trinajstić information content (AvgIpc) is 4.07. The molecule has 2 unspecified atom stereocenters. The van der Waals surface area contributed by atoms with Crippen LogP contribution in [-0.2, 0) is 34.9 Å². The number of carbonyl (C=O) groups is 3. The van der Waals surface area contributed by atoms with Gasteiger partial charge >= 0.3 is 6.09 Å². The summed E-state index contributed by atoms with van der Waals surface area (Å²) in [6, 6.07) is 14.9. The number of H-pyrrole nitrogens is 2. The van der Waals surface area contributed by atoms with E-state index in [2.05, 4.69) is 49.9 Å². The number of nitrogens with one attached hydrogen (secondary N) is 4. The van der Waals surface area contributed by atoms with E-state index in [1.807, 2.05) is 69.0 Å².